The third-order valence-corrected chi connectivity index (χ3v) is 16.3. The Balaban J connectivity index is 1.69. The molecule has 0 atom stereocenters. The minimum atomic E-state index is 0.0835. The molecule has 50 heavy (non-hydrogen) atoms. The Hall–Kier alpha value is -3.12. The molecule has 5 aromatic carbocycles. The normalized spacial score (nSPS) is 14.0. The first-order valence-electron chi connectivity index (χ1n) is 18.1. The molecule has 0 aliphatic carbocycles. The summed E-state index contributed by atoms with van der Waals surface area (Å²) in [6.07, 6.45) is 0. The topological polar surface area (TPSA) is 0 Å². The van der Waals surface area contributed by atoms with E-state index in [1.807, 2.05) is 0 Å². The molecule has 0 saturated carbocycles. The molecule has 2 aliphatic heterocycles. The molecule has 0 fully saturated rings. The first-order valence-corrected chi connectivity index (χ1v) is 21.5. The zero-order valence-corrected chi connectivity index (χ0v) is 36.0. The van der Waals surface area contributed by atoms with Gasteiger partial charge in [0.05, 0.1) is 0 Å². The van der Waals surface area contributed by atoms with Crippen molar-refractivity contribution in [1.82, 2.24) is 0 Å². The van der Waals surface area contributed by atoms with Crippen LogP contribution in [0.4, 0.5) is 0 Å². The van der Waals surface area contributed by atoms with Crippen molar-refractivity contribution in [3.63, 3.8) is 0 Å². The van der Waals surface area contributed by atoms with Crippen LogP contribution in [0.2, 0.25) is 0 Å². The molecule has 0 amide bonds. The third-order valence-electron chi connectivity index (χ3n) is 11.5. The van der Waals surface area contributed by atoms with Crippen molar-refractivity contribution >= 4 is 58.9 Å². The SMILES string of the molecule is Cc1cc(C)c(C)c(C2=c3cc4c(cc3[Se]c3ccc(C(C)(C)C)cc32)=C(c2c(C)c(C)cc(C)c2C)c2cc(C(C)(C)C)ccc2[Se]4)c1C. The monoisotopic (exact) mass is 788 g/mol. The van der Waals surface area contributed by atoms with Gasteiger partial charge in [0.2, 0.25) is 0 Å². The number of hydrogen-bond acceptors (Lipinski definition) is 0. The molecule has 256 valence electrons. The van der Waals surface area contributed by atoms with Gasteiger partial charge in [0.25, 0.3) is 0 Å². The van der Waals surface area contributed by atoms with Crippen LogP contribution in [0.15, 0.2) is 60.7 Å². The summed E-state index contributed by atoms with van der Waals surface area (Å²) in [7, 11) is 0. The number of rotatable bonds is 2. The minimum absolute atomic E-state index is 0.0835. The van der Waals surface area contributed by atoms with Gasteiger partial charge in [-0.15, -0.1) is 0 Å². The van der Waals surface area contributed by atoms with Gasteiger partial charge in [0.15, 0.2) is 0 Å². The number of hydrogen-bond donors (Lipinski definition) is 0. The van der Waals surface area contributed by atoms with Gasteiger partial charge in [-0.3, -0.25) is 0 Å². The Morgan fingerprint density at radius 3 is 1.00 bits per heavy atom. The van der Waals surface area contributed by atoms with Crippen molar-refractivity contribution < 1.29 is 0 Å². The van der Waals surface area contributed by atoms with E-state index in [1.54, 1.807) is 0 Å². The maximum atomic E-state index is 2.65. The van der Waals surface area contributed by atoms with E-state index in [9.17, 15) is 0 Å². The summed E-state index contributed by atoms with van der Waals surface area (Å²) in [4.78, 5) is 0. The summed E-state index contributed by atoms with van der Waals surface area (Å²) in [5.74, 6) is 0. The van der Waals surface area contributed by atoms with Gasteiger partial charge in [0.1, 0.15) is 0 Å². The summed E-state index contributed by atoms with van der Waals surface area (Å²) < 4.78 is 6.04. The van der Waals surface area contributed by atoms with E-state index in [4.69, 9.17) is 0 Å². The van der Waals surface area contributed by atoms with Crippen LogP contribution >= 0.6 is 0 Å². The fourth-order valence-electron chi connectivity index (χ4n) is 7.93. The zero-order valence-electron chi connectivity index (χ0n) is 32.6. The quantitative estimate of drug-likeness (QED) is 0.163. The van der Waals surface area contributed by atoms with E-state index >= 15 is 0 Å². The van der Waals surface area contributed by atoms with Crippen LogP contribution < -0.4 is 28.3 Å². The maximum absolute atomic E-state index is 2.65. The van der Waals surface area contributed by atoms with Crippen molar-refractivity contribution in [2.24, 2.45) is 0 Å². The van der Waals surface area contributed by atoms with Crippen molar-refractivity contribution in [3.8, 4) is 0 Å². The summed E-state index contributed by atoms with van der Waals surface area (Å²) in [5, 5.41) is 2.92. The average molecular weight is 787 g/mol. The summed E-state index contributed by atoms with van der Waals surface area (Å²) in [6, 6.07) is 24.9. The first-order chi connectivity index (χ1) is 23.4. The summed E-state index contributed by atoms with van der Waals surface area (Å²) in [6.45, 7) is 32.6. The molecule has 5 aromatic rings. The van der Waals surface area contributed by atoms with Crippen molar-refractivity contribution in [1.29, 1.82) is 0 Å². The van der Waals surface area contributed by atoms with Gasteiger partial charge >= 0.3 is 316 Å². The zero-order chi connectivity index (χ0) is 36.2. The van der Waals surface area contributed by atoms with E-state index in [0.29, 0.717) is 0 Å². The Labute approximate surface area is 313 Å². The molecule has 2 heteroatoms. The molecule has 0 spiro atoms. The predicted molar refractivity (Wildman–Crippen MR) is 220 cm³/mol. The molecular weight excluding hydrogens is 734 g/mol. The Morgan fingerprint density at radius 2 is 0.700 bits per heavy atom. The van der Waals surface area contributed by atoms with Crippen molar-refractivity contribution in [2.45, 2.75) is 108 Å². The van der Waals surface area contributed by atoms with Crippen molar-refractivity contribution in [3.05, 3.63) is 149 Å². The first kappa shape index (κ1) is 35.3. The van der Waals surface area contributed by atoms with E-state index in [2.05, 4.69) is 158 Å². The molecule has 0 radical (unpaired) electrons. The number of benzene rings is 5. The van der Waals surface area contributed by atoms with Crippen LogP contribution in [0.1, 0.15) is 119 Å². The standard InChI is InChI=1S/C48H52Se2/c1-25-19-26(2)30(6)43(29(25)5)45-35-21-33(47(9,10)11)15-17-39(35)49-41-24-38-42(23-37(41)45)50-40-18-16-34(48(12,13)14)22-36(40)46(38)44-31(7)27(3)20-28(4)32(44)8/h15-24H,1-14H3. The van der Waals surface area contributed by atoms with E-state index in [-0.39, 0.29) is 40.7 Å². The number of aryl methyl sites for hydroxylation is 4. The molecule has 0 nitrogen and oxygen atoms in total. The second kappa shape index (κ2) is 12.2. The van der Waals surface area contributed by atoms with Crippen LogP contribution in [-0.4, -0.2) is 29.9 Å². The van der Waals surface area contributed by atoms with Crippen LogP contribution in [0.5, 0.6) is 0 Å². The Bertz CT molecular complexity index is 2180. The second-order valence-corrected chi connectivity index (χ2v) is 21.5. The summed E-state index contributed by atoms with van der Waals surface area (Å²) >= 11 is 0.386. The van der Waals surface area contributed by atoms with Gasteiger partial charge in [-0.25, -0.2) is 0 Å². The van der Waals surface area contributed by atoms with E-state index in [0.717, 1.165) is 0 Å². The van der Waals surface area contributed by atoms with Gasteiger partial charge < -0.3 is 0 Å². The predicted octanol–water partition coefficient (Wildman–Crippen LogP) is 7.18. The Morgan fingerprint density at radius 1 is 0.380 bits per heavy atom. The van der Waals surface area contributed by atoms with Gasteiger partial charge in [0, 0.05) is 0 Å². The number of fused-ring (bicyclic) bond motifs is 4. The van der Waals surface area contributed by atoms with Crippen LogP contribution in [0.25, 0.3) is 11.1 Å². The molecule has 0 saturated heterocycles. The average Bonchev–Trinajstić information content (AvgIpc) is 3.04. The van der Waals surface area contributed by atoms with E-state index in [1.165, 1.54) is 117 Å². The van der Waals surface area contributed by atoms with Crippen LogP contribution in [0, 0.1) is 55.4 Å². The second-order valence-electron chi connectivity index (χ2n) is 17.0. The van der Waals surface area contributed by atoms with Crippen molar-refractivity contribution in [2.75, 3.05) is 0 Å². The molecule has 2 heterocycles. The molecule has 0 bridgehead atoms. The Kier molecular flexibility index (Phi) is 8.64. The van der Waals surface area contributed by atoms with E-state index < -0.39 is 0 Å². The molecule has 2 aliphatic rings. The molecular formula is C48H52Se2. The molecule has 0 unspecified atom stereocenters. The fraction of sp³-hybridized carbons (Fsp3) is 0.333. The van der Waals surface area contributed by atoms with Gasteiger partial charge in [-0.1, -0.05) is 0 Å². The summed E-state index contributed by atoms with van der Waals surface area (Å²) in [5.41, 5.74) is 22.8. The third kappa shape index (κ3) is 5.72. The van der Waals surface area contributed by atoms with Crippen LogP contribution in [-0.2, 0) is 10.8 Å². The van der Waals surface area contributed by atoms with Gasteiger partial charge in [-0.05, 0) is 0 Å². The fourth-order valence-corrected chi connectivity index (χ4v) is 12.5. The van der Waals surface area contributed by atoms with Crippen LogP contribution in [0.3, 0.4) is 0 Å². The molecule has 0 aromatic heterocycles. The van der Waals surface area contributed by atoms with Gasteiger partial charge in [-0.2, -0.15) is 0 Å². The molecule has 7 rings (SSSR count). The molecule has 0 N–H and O–H groups in total.